The maximum atomic E-state index is 9.89. The van der Waals surface area contributed by atoms with Crippen molar-refractivity contribution in [2.75, 3.05) is 6.54 Å². The molecule has 0 aliphatic carbocycles. The van der Waals surface area contributed by atoms with Crippen LogP contribution in [-0.2, 0) is 0 Å². The van der Waals surface area contributed by atoms with Crippen molar-refractivity contribution in [3.05, 3.63) is 23.8 Å². The van der Waals surface area contributed by atoms with E-state index in [0.717, 1.165) is 6.54 Å². The van der Waals surface area contributed by atoms with Crippen LogP contribution in [0.5, 0.6) is 11.5 Å². The predicted octanol–water partition coefficient (Wildman–Crippen LogP) is 2.89. The minimum Gasteiger partial charge on any atom is -0.507 e. The third-order valence-electron chi connectivity index (χ3n) is 3.81. The van der Waals surface area contributed by atoms with Gasteiger partial charge >= 0.3 is 0 Å². The van der Waals surface area contributed by atoms with Gasteiger partial charge in [-0.25, -0.2) is 0 Å². The molecule has 0 amide bonds. The second-order valence-electron chi connectivity index (χ2n) is 5.27. The van der Waals surface area contributed by atoms with Crippen LogP contribution in [0, 0.1) is 5.92 Å². The van der Waals surface area contributed by atoms with Crippen LogP contribution in [0.2, 0.25) is 0 Å². The first-order valence-electron chi connectivity index (χ1n) is 6.27. The van der Waals surface area contributed by atoms with Gasteiger partial charge in [0.2, 0.25) is 0 Å². The number of benzene rings is 1. The molecule has 1 aromatic rings. The Morgan fingerprint density at radius 1 is 1.24 bits per heavy atom. The Kier molecular flexibility index (Phi) is 3.29. The van der Waals surface area contributed by atoms with Gasteiger partial charge in [-0.15, -0.1) is 0 Å². The summed E-state index contributed by atoms with van der Waals surface area (Å²) in [5, 5.41) is 19.8. The molecule has 3 atom stereocenters. The summed E-state index contributed by atoms with van der Waals surface area (Å²) in [4.78, 5) is 2.35. The first-order chi connectivity index (χ1) is 8.00. The number of aromatic hydroxyl groups is 2. The molecule has 0 spiro atoms. The number of hydrogen-bond acceptors (Lipinski definition) is 3. The summed E-state index contributed by atoms with van der Waals surface area (Å²) in [5.74, 6) is 1.05. The summed E-state index contributed by atoms with van der Waals surface area (Å²) < 4.78 is 0. The lowest BCUT2D eigenvalue weighted by Crippen LogP contribution is -2.30. The third-order valence-corrected chi connectivity index (χ3v) is 3.81. The first kappa shape index (κ1) is 12.2. The summed E-state index contributed by atoms with van der Waals surface area (Å²) in [6.45, 7) is 7.52. The molecule has 1 aromatic carbocycles. The van der Waals surface area contributed by atoms with Crippen molar-refractivity contribution in [2.45, 2.75) is 39.3 Å². The van der Waals surface area contributed by atoms with Crippen molar-refractivity contribution in [2.24, 2.45) is 5.92 Å². The summed E-state index contributed by atoms with van der Waals surface area (Å²) in [6.07, 6.45) is 1.18. The number of hydrogen-bond donors (Lipinski definition) is 2. The fourth-order valence-corrected chi connectivity index (χ4v) is 3.01. The molecule has 17 heavy (non-hydrogen) atoms. The molecule has 0 bridgehead atoms. The van der Waals surface area contributed by atoms with E-state index in [1.807, 2.05) is 6.92 Å². The Morgan fingerprint density at radius 3 is 2.29 bits per heavy atom. The highest BCUT2D eigenvalue weighted by atomic mass is 16.3. The maximum absolute atomic E-state index is 9.89. The summed E-state index contributed by atoms with van der Waals surface area (Å²) in [6, 6.07) is 5.48. The first-order valence-corrected chi connectivity index (χ1v) is 6.27. The Hall–Kier alpha value is -1.22. The molecule has 3 unspecified atom stereocenters. The fourth-order valence-electron chi connectivity index (χ4n) is 3.01. The molecule has 2 rings (SSSR count). The van der Waals surface area contributed by atoms with Crippen LogP contribution in [-0.4, -0.2) is 27.7 Å². The Labute approximate surface area is 103 Å². The van der Waals surface area contributed by atoms with Crippen molar-refractivity contribution in [1.29, 1.82) is 0 Å². The highest BCUT2D eigenvalue weighted by Gasteiger charge is 2.32. The lowest BCUT2D eigenvalue weighted by atomic mass is 10.0. The molecule has 3 heteroatoms. The lowest BCUT2D eigenvalue weighted by Gasteiger charge is -2.29. The third kappa shape index (κ3) is 2.25. The minimum absolute atomic E-state index is 0.0520. The average Bonchev–Trinajstić information content (AvgIpc) is 2.57. The van der Waals surface area contributed by atoms with Crippen LogP contribution in [0.4, 0.5) is 0 Å². The van der Waals surface area contributed by atoms with Crippen molar-refractivity contribution < 1.29 is 10.2 Å². The Bertz CT molecular complexity index is 385. The number of rotatable bonds is 2. The second kappa shape index (κ2) is 4.57. The standard InChI is InChI=1S/C14H21NO2/c1-9-7-10(2)15(8-9)11(3)14-12(16)5-4-6-13(14)17/h4-6,9-11,16-17H,7-8H2,1-3H3. The van der Waals surface area contributed by atoms with Crippen molar-refractivity contribution in [1.82, 2.24) is 4.90 Å². The Balaban J connectivity index is 2.28. The van der Waals surface area contributed by atoms with Gasteiger partial charge in [-0.05, 0) is 38.3 Å². The highest BCUT2D eigenvalue weighted by Crippen LogP contribution is 2.39. The van der Waals surface area contributed by atoms with E-state index in [4.69, 9.17) is 0 Å². The number of phenolic OH excluding ortho intramolecular Hbond substituents is 2. The normalized spacial score (nSPS) is 27.2. The molecule has 2 N–H and O–H groups in total. The molecular formula is C14H21NO2. The molecule has 0 radical (unpaired) electrons. The van der Waals surface area contributed by atoms with E-state index in [2.05, 4.69) is 18.7 Å². The van der Waals surface area contributed by atoms with Crippen molar-refractivity contribution >= 4 is 0 Å². The molecule has 1 aliphatic heterocycles. The van der Waals surface area contributed by atoms with E-state index in [1.54, 1.807) is 18.2 Å². The molecule has 0 aromatic heterocycles. The minimum atomic E-state index is 0.0520. The van der Waals surface area contributed by atoms with Gasteiger partial charge < -0.3 is 10.2 Å². The molecule has 3 nitrogen and oxygen atoms in total. The van der Waals surface area contributed by atoms with Gasteiger partial charge in [0.15, 0.2) is 0 Å². The van der Waals surface area contributed by atoms with Crippen molar-refractivity contribution in [3.63, 3.8) is 0 Å². The SMILES string of the molecule is CC1CC(C)N(C(C)c2c(O)cccc2O)C1. The van der Waals surface area contributed by atoms with Gasteiger partial charge in [0.1, 0.15) is 11.5 Å². The van der Waals surface area contributed by atoms with Crippen LogP contribution < -0.4 is 0 Å². The summed E-state index contributed by atoms with van der Waals surface area (Å²) in [7, 11) is 0. The van der Waals surface area contributed by atoms with E-state index in [9.17, 15) is 10.2 Å². The zero-order valence-corrected chi connectivity index (χ0v) is 10.7. The van der Waals surface area contributed by atoms with Gasteiger partial charge in [-0.1, -0.05) is 13.0 Å². The Morgan fingerprint density at radius 2 is 1.82 bits per heavy atom. The lowest BCUT2D eigenvalue weighted by molar-refractivity contribution is 0.194. The fraction of sp³-hybridized carbons (Fsp3) is 0.571. The van der Waals surface area contributed by atoms with Gasteiger partial charge in [0.25, 0.3) is 0 Å². The molecular weight excluding hydrogens is 214 g/mol. The largest absolute Gasteiger partial charge is 0.507 e. The molecule has 1 saturated heterocycles. The van der Waals surface area contributed by atoms with Gasteiger partial charge in [-0.3, -0.25) is 4.90 Å². The average molecular weight is 235 g/mol. The highest BCUT2D eigenvalue weighted by molar-refractivity contribution is 5.45. The van der Waals surface area contributed by atoms with Gasteiger partial charge in [0, 0.05) is 18.6 Å². The van der Waals surface area contributed by atoms with E-state index in [1.165, 1.54) is 6.42 Å². The number of nitrogens with zero attached hydrogens (tertiary/aromatic N) is 1. The van der Waals surface area contributed by atoms with Crippen LogP contribution in [0.15, 0.2) is 18.2 Å². The smallest absolute Gasteiger partial charge is 0.124 e. The monoisotopic (exact) mass is 235 g/mol. The quantitative estimate of drug-likeness (QED) is 0.828. The number of phenols is 2. The zero-order valence-electron chi connectivity index (χ0n) is 10.7. The van der Waals surface area contributed by atoms with Gasteiger partial charge in [0.05, 0.1) is 5.56 Å². The molecule has 1 heterocycles. The number of likely N-dealkylation sites (tertiary alicyclic amines) is 1. The topological polar surface area (TPSA) is 43.7 Å². The molecule has 1 aliphatic rings. The van der Waals surface area contributed by atoms with Crippen molar-refractivity contribution in [3.8, 4) is 11.5 Å². The zero-order chi connectivity index (χ0) is 12.6. The van der Waals surface area contributed by atoms with Crippen LogP contribution in [0.3, 0.4) is 0 Å². The van der Waals surface area contributed by atoms with E-state index in [0.29, 0.717) is 17.5 Å². The van der Waals surface area contributed by atoms with Crippen LogP contribution in [0.1, 0.15) is 38.8 Å². The molecule has 1 fully saturated rings. The molecule has 0 saturated carbocycles. The summed E-state index contributed by atoms with van der Waals surface area (Å²) >= 11 is 0. The van der Waals surface area contributed by atoms with Crippen LogP contribution >= 0.6 is 0 Å². The predicted molar refractivity (Wildman–Crippen MR) is 68.1 cm³/mol. The maximum Gasteiger partial charge on any atom is 0.124 e. The van der Waals surface area contributed by atoms with E-state index < -0.39 is 0 Å². The summed E-state index contributed by atoms with van der Waals surface area (Å²) in [5.41, 5.74) is 0.647. The molecule has 94 valence electrons. The van der Waals surface area contributed by atoms with E-state index >= 15 is 0 Å². The van der Waals surface area contributed by atoms with Crippen LogP contribution in [0.25, 0.3) is 0 Å². The second-order valence-corrected chi connectivity index (χ2v) is 5.27. The van der Waals surface area contributed by atoms with Gasteiger partial charge in [-0.2, -0.15) is 0 Å². The van der Waals surface area contributed by atoms with E-state index in [-0.39, 0.29) is 17.5 Å².